The van der Waals surface area contributed by atoms with Crippen LogP contribution in [0.1, 0.15) is 47.1 Å². The molecule has 4 rings (SSSR count). The minimum atomic E-state index is 0.439. The fourth-order valence-corrected chi connectivity index (χ4v) is 4.03. The SMILES string of the molecule is Cc1cc(N2CCC[C@H](c3ccc(Cc4ccc(Cl)cc4)cn3)C2)nc(C)n1. The van der Waals surface area contributed by atoms with Crippen molar-refractivity contribution < 1.29 is 0 Å². The van der Waals surface area contributed by atoms with Gasteiger partial charge in [-0.05, 0) is 62.4 Å². The van der Waals surface area contributed by atoms with Crippen molar-refractivity contribution >= 4 is 17.4 Å². The van der Waals surface area contributed by atoms with E-state index in [0.29, 0.717) is 5.92 Å². The fraction of sp³-hybridized carbons (Fsp3) is 0.348. The lowest BCUT2D eigenvalue weighted by atomic mass is 9.93. The number of hydrogen-bond acceptors (Lipinski definition) is 4. The molecule has 1 atom stereocenters. The molecule has 28 heavy (non-hydrogen) atoms. The topological polar surface area (TPSA) is 41.9 Å². The average molecular weight is 393 g/mol. The highest BCUT2D eigenvalue weighted by Crippen LogP contribution is 2.28. The van der Waals surface area contributed by atoms with E-state index >= 15 is 0 Å². The predicted molar refractivity (Wildman–Crippen MR) is 114 cm³/mol. The first-order chi connectivity index (χ1) is 13.6. The van der Waals surface area contributed by atoms with Crippen LogP contribution in [0, 0.1) is 13.8 Å². The molecule has 4 nitrogen and oxygen atoms in total. The van der Waals surface area contributed by atoms with Crippen molar-refractivity contribution in [2.45, 2.75) is 39.0 Å². The molecule has 0 aliphatic carbocycles. The van der Waals surface area contributed by atoms with Gasteiger partial charge in [-0.25, -0.2) is 9.97 Å². The van der Waals surface area contributed by atoms with E-state index in [0.717, 1.165) is 48.3 Å². The third-order valence-electron chi connectivity index (χ3n) is 5.29. The molecule has 0 bridgehead atoms. The van der Waals surface area contributed by atoms with Crippen molar-refractivity contribution in [2.75, 3.05) is 18.0 Å². The van der Waals surface area contributed by atoms with Crippen LogP contribution in [-0.2, 0) is 6.42 Å². The Kier molecular flexibility index (Phi) is 5.58. The van der Waals surface area contributed by atoms with Gasteiger partial charge in [0, 0.05) is 47.7 Å². The molecule has 1 aliphatic rings. The first kappa shape index (κ1) is 18.9. The molecule has 3 aromatic rings. The van der Waals surface area contributed by atoms with Crippen LogP contribution in [0.25, 0.3) is 0 Å². The molecule has 1 aromatic carbocycles. The largest absolute Gasteiger partial charge is 0.356 e. The summed E-state index contributed by atoms with van der Waals surface area (Å²) in [5, 5.41) is 0.771. The zero-order valence-electron chi connectivity index (χ0n) is 16.4. The minimum absolute atomic E-state index is 0.439. The lowest BCUT2D eigenvalue weighted by molar-refractivity contribution is 0.498. The van der Waals surface area contributed by atoms with Gasteiger partial charge in [0.25, 0.3) is 0 Å². The van der Waals surface area contributed by atoms with Crippen molar-refractivity contribution in [3.8, 4) is 0 Å². The van der Waals surface area contributed by atoms with Crippen LogP contribution in [0.4, 0.5) is 5.82 Å². The third kappa shape index (κ3) is 4.50. The van der Waals surface area contributed by atoms with Gasteiger partial charge in [-0.3, -0.25) is 4.98 Å². The van der Waals surface area contributed by atoms with Gasteiger partial charge in [-0.15, -0.1) is 0 Å². The molecule has 5 heteroatoms. The quantitative estimate of drug-likeness (QED) is 0.618. The molecule has 2 aromatic heterocycles. The van der Waals surface area contributed by atoms with Crippen molar-refractivity contribution in [1.29, 1.82) is 0 Å². The summed E-state index contributed by atoms with van der Waals surface area (Å²) in [6, 6.07) is 14.5. The van der Waals surface area contributed by atoms with Crippen LogP contribution in [0.3, 0.4) is 0 Å². The normalized spacial score (nSPS) is 17.0. The maximum atomic E-state index is 5.97. The summed E-state index contributed by atoms with van der Waals surface area (Å²) in [5.74, 6) is 2.31. The van der Waals surface area contributed by atoms with Gasteiger partial charge in [0.2, 0.25) is 0 Å². The Morgan fingerprint density at radius 2 is 1.82 bits per heavy atom. The van der Waals surface area contributed by atoms with Crippen LogP contribution in [0.15, 0.2) is 48.7 Å². The van der Waals surface area contributed by atoms with Gasteiger partial charge in [0.15, 0.2) is 0 Å². The number of aryl methyl sites for hydroxylation is 2. The van der Waals surface area contributed by atoms with Gasteiger partial charge >= 0.3 is 0 Å². The molecule has 0 N–H and O–H groups in total. The van der Waals surface area contributed by atoms with Crippen LogP contribution < -0.4 is 4.90 Å². The molecule has 0 saturated carbocycles. The number of aromatic nitrogens is 3. The highest BCUT2D eigenvalue weighted by atomic mass is 35.5. The minimum Gasteiger partial charge on any atom is -0.356 e. The smallest absolute Gasteiger partial charge is 0.132 e. The second-order valence-electron chi connectivity index (χ2n) is 7.59. The Morgan fingerprint density at radius 3 is 2.54 bits per heavy atom. The van der Waals surface area contributed by atoms with E-state index in [1.54, 1.807) is 0 Å². The molecule has 0 unspecified atom stereocenters. The molecule has 3 heterocycles. The molecule has 1 aliphatic heterocycles. The summed E-state index contributed by atoms with van der Waals surface area (Å²) < 4.78 is 0. The van der Waals surface area contributed by atoms with E-state index in [1.165, 1.54) is 23.2 Å². The molecule has 144 valence electrons. The summed E-state index contributed by atoms with van der Waals surface area (Å²) in [7, 11) is 0. The maximum Gasteiger partial charge on any atom is 0.132 e. The zero-order chi connectivity index (χ0) is 19.5. The Labute approximate surface area is 171 Å². The number of anilines is 1. The summed E-state index contributed by atoms with van der Waals surface area (Å²) in [4.78, 5) is 16.2. The van der Waals surface area contributed by atoms with Crippen LogP contribution >= 0.6 is 11.6 Å². The Hall–Kier alpha value is -2.46. The molecule has 0 amide bonds. The van der Waals surface area contributed by atoms with Gasteiger partial charge in [0.05, 0.1) is 0 Å². The Balaban J connectivity index is 1.45. The molecule has 1 fully saturated rings. The van der Waals surface area contributed by atoms with E-state index in [1.807, 2.05) is 32.2 Å². The summed E-state index contributed by atoms with van der Waals surface area (Å²) in [6.45, 7) is 5.99. The van der Waals surface area contributed by atoms with Crippen molar-refractivity contribution in [3.05, 3.63) is 82.0 Å². The number of piperidine rings is 1. The maximum absolute atomic E-state index is 5.97. The van der Waals surface area contributed by atoms with Crippen LogP contribution in [-0.4, -0.2) is 28.0 Å². The summed E-state index contributed by atoms with van der Waals surface area (Å²) in [6.07, 6.45) is 5.21. The van der Waals surface area contributed by atoms with Gasteiger partial charge in [-0.2, -0.15) is 0 Å². The van der Waals surface area contributed by atoms with E-state index in [-0.39, 0.29) is 0 Å². The molecule has 1 saturated heterocycles. The lowest BCUT2D eigenvalue weighted by Crippen LogP contribution is -2.35. The molecule has 0 radical (unpaired) electrons. The fourth-order valence-electron chi connectivity index (χ4n) is 3.91. The van der Waals surface area contributed by atoms with Crippen molar-refractivity contribution in [2.24, 2.45) is 0 Å². The standard InChI is InChI=1S/C23H25ClN4/c1-16-12-23(27-17(2)26-16)28-11-3-4-20(15-28)22-10-7-19(14-25-22)13-18-5-8-21(24)9-6-18/h5-10,12,14,20H,3-4,11,13,15H2,1-2H3/t20-/m0/s1. The number of benzene rings is 1. The molecule has 0 spiro atoms. The average Bonchev–Trinajstić information content (AvgIpc) is 2.70. The second-order valence-corrected chi connectivity index (χ2v) is 8.03. The number of pyridine rings is 1. The number of halogens is 1. The third-order valence-corrected chi connectivity index (χ3v) is 5.54. The molecular weight excluding hydrogens is 368 g/mol. The number of nitrogens with zero attached hydrogens (tertiary/aromatic N) is 4. The van der Waals surface area contributed by atoms with Gasteiger partial charge in [-0.1, -0.05) is 29.8 Å². The zero-order valence-corrected chi connectivity index (χ0v) is 17.2. The van der Waals surface area contributed by atoms with Crippen LogP contribution in [0.5, 0.6) is 0 Å². The van der Waals surface area contributed by atoms with E-state index in [4.69, 9.17) is 16.6 Å². The molecular formula is C23H25ClN4. The number of hydrogen-bond donors (Lipinski definition) is 0. The van der Waals surface area contributed by atoms with Gasteiger partial charge in [0.1, 0.15) is 11.6 Å². The van der Waals surface area contributed by atoms with E-state index < -0.39 is 0 Å². The summed E-state index contributed by atoms with van der Waals surface area (Å²) >= 11 is 5.97. The Morgan fingerprint density at radius 1 is 1.04 bits per heavy atom. The lowest BCUT2D eigenvalue weighted by Gasteiger charge is -2.33. The monoisotopic (exact) mass is 392 g/mol. The highest BCUT2D eigenvalue weighted by molar-refractivity contribution is 6.30. The van der Waals surface area contributed by atoms with Gasteiger partial charge < -0.3 is 4.90 Å². The Bertz CT molecular complexity index is 918. The van der Waals surface area contributed by atoms with E-state index in [9.17, 15) is 0 Å². The highest BCUT2D eigenvalue weighted by Gasteiger charge is 2.23. The van der Waals surface area contributed by atoms with Crippen molar-refractivity contribution in [1.82, 2.24) is 15.0 Å². The number of rotatable bonds is 4. The van der Waals surface area contributed by atoms with Crippen LogP contribution in [0.2, 0.25) is 5.02 Å². The summed E-state index contributed by atoms with van der Waals surface area (Å²) in [5.41, 5.74) is 4.67. The first-order valence-corrected chi connectivity index (χ1v) is 10.2. The first-order valence-electron chi connectivity index (χ1n) is 9.83. The van der Waals surface area contributed by atoms with Crippen molar-refractivity contribution in [3.63, 3.8) is 0 Å². The second kappa shape index (κ2) is 8.27. The van der Waals surface area contributed by atoms with E-state index in [2.05, 4.69) is 45.2 Å². The predicted octanol–water partition coefficient (Wildman–Crippen LogP) is 5.12.